The molecule has 1 aliphatic carbocycles. The maximum Gasteiger partial charge on any atom is 0.168 e. The van der Waals surface area contributed by atoms with E-state index in [-0.39, 0.29) is 37.9 Å². The first-order valence-electron chi connectivity index (χ1n) is 5.90. The van der Waals surface area contributed by atoms with Crippen molar-refractivity contribution in [3.63, 3.8) is 0 Å². The van der Waals surface area contributed by atoms with Crippen molar-refractivity contribution in [2.75, 3.05) is 26.9 Å². The van der Waals surface area contributed by atoms with Crippen LogP contribution in [0.25, 0.3) is 0 Å². The summed E-state index contributed by atoms with van der Waals surface area (Å²) in [5.74, 6) is -0.327. The summed E-state index contributed by atoms with van der Waals surface area (Å²) < 4.78 is 10.7. The first-order chi connectivity index (χ1) is 8.48. The van der Waals surface area contributed by atoms with E-state index < -0.39 is 24.0 Å². The van der Waals surface area contributed by atoms with E-state index in [4.69, 9.17) is 14.6 Å². The minimum Gasteiger partial charge on any atom is -0.395 e. The highest BCUT2D eigenvalue weighted by Gasteiger charge is 2.58. The number of rotatable bonds is 3. The quantitative estimate of drug-likeness (QED) is 0.455. The molecule has 1 aliphatic heterocycles. The predicted molar refractivity (Wildman–Crippen MR) is 59.8 cm³/mol. The fraction of sp³-hybridized carbons (Fsp3) is 0.909. The Bertz CT molecular complexity index is 337. The zero-order valence-corrected chi connectivity index (χ0v) is 10.3. The molecule has 7 nitrogen and oxygen atoms in total. The fourth-order valence-corrected chi connectivity index (χ4v) is 2.78. The molecule has 3 unspecified atom stereocenters. The number of carbonyl (C=O) groups is 1. The van der Waals surface area contributed by atoms with Gasteiger partial charge in [-0.2, -0.15) is 0 Å². The van der Waals surface area contributed by atoms with Crippen LogP contribution in [0.5, 0.6) is 0 Å². The molecular formula is C11H19NO6. The number of carbonyl (C=O) groups excluding carboxylic acids is 1. The second-order valence-electron chi connectivity index (χ2n) is 5.04. The van der Waals surface area contributed by atoms with Gasteiger partial charge in [0.05, 0.1) is 31.5 Å². The summed E-state index contributed by atoms with van der Waals surface area (Å²) in [6, 6.07) is -0.309. The van der Waals surface area contributed by atoms with Gasteiger partial charge in [0.15, 0.2) is 17.6 Å². The average molecular weight is 261 g/mol. The lowest BCUT2D eigenvalue weighted by atomic mass is 9.77. The highest BCUT2D eigenvalue weighted by molar-refractivity contribution is 5.86. The van der Waals surface area contributed by atoms with E-state index in [2.05, 4.69) is 5.32 Å². The van der Waals surface area contributed by atoms with Gasteiger partial charge >= 0.3 is 0 Å². The molecule has 18 heavy (non-hydrogen) atoms. The predicted octanol–water partition coefficient (Wildman–Crippen LogP) is -2.24. The molecule has 0 aromatic heterocycles. The lowest BCUT2D eigenvalue weighted by Crippen LogP contribution is -2.66. The molecule has 7 heteroatoms. The van der Waals surface area contributed by atoms with Crippen LogP contribution in [0.2, 0.25) is 0 Å². The molecule has 0 aromatic rings. The highest BCUT2D eigenvalue weighted by Crippen LogP contribution is 2.38. The number of hydrogen-bond donors (Lipinski definition) is 4. The van der Waals surface area contributed by atoms with Crippen molar-refractivity contribution in [3.05, 3.63) is 0 Å². The second kappa shape index (κ2) is 4.84. The third kappa shape index (κ3) is 2.18. The molecule has 4 N–H and O–H groups in total. The Kier molecular flexibility index (Phi) is 3.72. The molecule has 4 atom stereocenters. The van der Waals surface area contributed by atoms with E-state index in [1.165, 1.54) is 7.11 Å². The van der Waals surface area contributed by atoms with Gasteiger partial charge in [-0.3, -0.25) is 10.1 Å². The zero-order chi connectivity index (χ0) is 13.4. The number of aliphatic hydroxyl groups excluding tert-OH is 2. The van der Waals surface area contributed by atoms with Gasteiger partial charge in [0.2, 0.25) is 0 Å². The van der Waals surface area contributed by atoms with E-state index in [9.17, 15) is 15.0 Å². The van der Waals surface area contributed by atoms with Crippen molar-refractivity contribution in [1.82, 2.24) is 5.32 Å². The Morgan fingerprint density at radius 1 is 1.56 bits per heavy atom. The van der Waals surface area contributed by atoms with Gasteiger partial charge in [0, 0.05) is 20.0 Å². The first-order valence-corrected chi connectivity index (χ1v) is 5.90. The average Bonchev–Trinajstić information content (AvgIpc) is 2.72. The maximum absolute atomic E-state index is 12.0. The standard InChI is InChI=1S/C11H19NO6/c1-17-9-8(15)2-10(16,6-14)5-11(9)12-7(3-13)4-18-11/h7,9,12-14,16H,2-6H2,1H3/t7?,9?,10-,11?/m1/s1. The molecule has 1 saturated heterocycles. The monoisotopic (exact) mass is 261 g/mol. The van der Waals surface area contributed by atoms with E-state index in [1.807, 2.05) is 0 Å². The van der Waals surface area contributed by atoms with Crippen LogP contribution in [-0.4, -0.2) is 71.5 Å². The van der Waals surface area contributed by atoms with E-state index in [1.54, 1.807) is 0 Å². The number of Topliss-reactive ketones (excluding diaryl/α,β-unsaturated/α-hetero) is 1. The van der Waals surface area contributed by atoms with Crippen LogP contribution in [0.1, 0.15) is 12.8 Å². The Hall–Kier alpha value is -0.570. The Morgan fingerprint density at radius 2 is 2.28 bits per heavy atom. The summed E-state index contributed by atoms with van der Waals surface area (Å²) in [6.07, 6.45) is -0.976. The Morgan fingerprint density at radius 3 is 2.78 bits per heavy atom. The van der Waals surface area contributed by atoms with E-state index >= 15 is 0 Å². The Labute approximate surface area is 105 Å². The second-order valence-corrected chi connectivity index (χ2v) is 5.04. The van der Waals surface area contributed by atoms with Crippen molar-refractivity contribution in [2.24, 2.45) is 0 Å². The molecule has 104 valence electrons. The molecular weight excluding hydrogens is 242 g/mol. The lowest BCUT2D eigenvalue weighted by Gasteiger charge is -2.45. The summed E-state index contributed by atoms with van der Waals surface area (Å²) >= 11 is 0. The molecule has 1 heterocycles. The molecule has 2 fully saturated rings. The number of methoxy groups -OCH3 is 1. The van der Waals surface area contributed by atoms with Crippen LogP contribution in [-0.2, 0) is 14.3 Å². The van der Waals surface area contributed by atoms with Crippen LogP contribution in [0.15, 0.2) is 0 Å². The lowest BCUT2D eigenvalue weighted by molar-refractivity contribution is -0.196. The SMILES string of the molecule is COC1C(=O)C[C@](O)(CO)CC12NC(CO)CO2. The minimum atomic E-state index is -1.51. The maximum atomic E-state index is 12.0. The van der Waals surface area contributed by atoms with Crippen LogP contribution >= 0.6 is 0 Å². The van der Waals surface area contributed by atoms with Gasteiger partial charge in [0.1, 0.15) is 0 Å². The smallest absolute Gasteiger partial charge is 0.168 e. The van der Waals surface area contributed by atoms with Crippen molar-refractivity contribution in [3.8, 4) is 0 Å². The van der Waals surface area contributed by atoms with Gasteiger partial charge < -0.3 is 24.8 Å². The van der Waals surface area contributed by atoms with E-state index in [0.29, 0.717) is 0 Å². The number of aliphatic hydroxyl groups is 3. The number of hydrogen-bond acceptors (Lipinski definition) is 7. The molecule has 2 aliphatic rings. The summed E-state index contributed by atoms with van der Waals surface area (Å²) in [5, 5.41) is 31.5. The molecule has 0 radical (unpaired) electrons. The first kappa shape index (κ1) is 13.9. The van der Waals surface area contributed by atoms with Crippen molar-refractivity contribution >= 4 is 5.78 Å². The third-order valence-corrected chi connectivity index (χ3v) is 3.55. The molecule has 0 bridgehead atoms. The third-order valence-electron chi connectivity index (χ3n) is 3.55. The van der Waals surface area contributed by atoms with Crippen LogP contribution in [0, 0.1) is 0 Å². The summed E-state index contributed by atoms with van der Waals surface area (Å²) in [7, 11) is 1.39. The fourth-order valence-electron chi connectivity index (χ4n) is 2.78. The zero-order valence-electron chi connectivity index (χ0n) is 10.3. The topological polar surface area (TPSA) is 108 Å². The molecule has 2 rings (SSSR count). The molecule has 1 spiro atoms. The normalized spacial score (nSPS) is 44.8. The van der Waals surface area contributed by atoms with Gasteiger partial charge in [-0.25, -0.2) is 0 Å². The van der Waals surface area contributed by atoms with Gasteiger partial charge in [-0.15, -0.1) is 0 Å². The van der Waals surface area contributed by atoms with Crippen molar-refractivity contribution < 1.29 is 29.6 Å². The largest absolute Gasteiger partial charge is 0.395 e. The summed E-state index contributed by atoms with van der Waals surface area (Å²) in [6.45, 7) is -0.430. The Balaban J connectivity index is 2.26. The number of ketones is 1. The van der Waals surface area contributed by atoms with Crippen LogP contribution < -0.4 is 5.32 Å². The van der Waals surface area contributed by atoms with Crippen molar-refractivity contribution in [2.45, 2.75) is 36.3 Å². The van der Waals surface area contributed by atoms with Crippen LogP contribution in [0.3, 0.4) is 0 Å². The summed E-state index contributed by atoms with van der Waals surface area (Å²) in [4.78, 5) is 12.0. The molecule has 1 saturated carbocycles. The number of ether oxygens (including phenoxy) is 2. The molecule has 0 aromatic carbocycles. The van der Waals surface area contributed by atoms with Crippen LogP contribution in [0.4, 0.5) is 0 Å². The highest BCUT2D eigenvalue weighted by atomic mass is 16.6. The minimum absolute atomic E-state index is 0.0389. The van der Waals surface area contributed by atoms with Crippen molar-refractivity contribution in [1.29, 1.82) is 0 Å². The molecule has 0 amide bonds. The number of nitrogens with one attached hydrogen (secondary N) is 1. The van der Waals surface area contributed by atoms with E-state index in [0.717, 1.165) is 0 Å². The van der Waals surface area contributed by atoms with Gasteiger partial charge in [0.25, 0.3) is 0 Å². The van der Waals surface area contributed by atoms with Gasteiger partial charge in [-0.05, 0) is 0 Å². The van der Waals surface area contributed by atoms with Gasteiger partial charge in [-0.1, -0.05) is 0 Å². The summed E-state index contributed by atoms with van der Waals surface area (Å²) in [5.41, 5.74) is -2.68.